The first-order valence-corrected chi connectivity index (χ1v) is 7.92. The molecule has 8 heteroatoms. The molecule has 0 saturated carbocycles. The minimum absolute atomic E-state index is 0.332. The highest BCUT2D eigenvalue weighted by Crippen LogP contribution is 2.38. The molecule has 0 radical (unpaired) electrons. The van der Waals surface area contributed by atoms with Crippen molar-refractivity contribution in [2.24, 2.45) is 5.73 Å². The molecular formula is C11H12N4O2S2. The molecule has 0 aliphatic carbocycles. The number of nitrogens with two attached hydrogens (primary N) is 1. The maximum Gasteiger partial charge on any atom is 0.278 e. The van der Waals surface area contributed by atoms with Crippen LogP contribution in [0.25, 0.3) is 6.08 Å². The number of rotatable bonds is 2. The van der Waals surface area contributed by atoms with E-state index >= 15 is 0 Å². The second-order valence-electron chi connectivity index (χ2n) is 4.25. The van der Waals surface area contributed by atoms with Crippen molar-refractivity contribution < 1.29 is 8.42 Å². The fraction of sp³-hybridized carbons (Fsp3) is 0.182. The van der Waals surface area contributed by atoms with Crippen molar-refractivity contribution in [2.45, 2.75) is 17.2 Å². The summed E-state index contributed by atoms with van der Waals surface area (Å²) >= 11 is 1.20. The zero-order valence-corrected chi connectivity index (χ0v) is 11.7. The summed E-state index contributed by atoms with van der Waals surface area (Å²) in [5.41, 5.74) is 7.60. The normalized spacial score (nSPS) is 18.8. The highest BCUT2D eigenvalue weighted by atomic mass is 32.2. The maximum absolute atomic E-state index is 12.7. The van der Waals surface area contributed by atoms with E-state index in [9.17, 15) is 8.42 Å². The van der Waals surface area contributed by atoms with Gasteiger partial charge in [-0.3, -0.25) is 5.10 Å². The molecular weight excluding hydrogens is 284 g/mol. The number of nitrogens with zero attached hydrogens (tertiary/aromatic N) is 2. The summed E-state index contributed by atoms with van der Waals surface area (Å²) in [4.78, 5) is 0. The van der Waals surface area contributed by atoms with Gasteiger partial charge in [0, 0.05) is 17.8 Å². The van der Waals surface area contributed by atoms with Gasteiger partial charge in [-0.1, -0.05) is 0 Å². The van der Waals surface area contributed by atoms with Crippen LogP contribution in [0.5, 0.6) is 0 Å². The van der Waals surface area contributed by atoms with Crippen LogP contribution in [0.4, 0.5) is 5.69 Å². The predicted molar refractivity (Wildman–Crippen MR) is 74.2 cm³/mol. The van der Waals surface area contributed by atoms with Crippen LogP contribution in [-0.2, 0) is 10.0 Å². The quantitative estimate of drug-likeness (QED) is 0.875. The topological polar surface area (TPSA) is 92.1 Å². The van der Waals surface area contributed by atoms with E-state index in [-0.39, 0.29) is 0 Å². The van der Waals surface area contributed by atoms with Crippen molar-refractivity contribution in [1.82, 2.24) is 10.2 Å². The minimum Gasteiger partial charge on any atom is -0.323 e. The second-order valence-corrected chi connectivity index (χ2v) is 7.15. The summed E-state index contributed by atoms with van der Waals surface area (Å²) < 4.78 is 26.9. The number of hydrogen-bond donors (Lipinski definition) is 2. The summed E-state index contributed by atoms with van der Waals surface area (Å²) in [5, 5.41) is 8.19. The lowest BCUT2D eigenvalue weighted by atomic mass is 10.2. The summed E-state index contributed by atoms with van der Waals surface area (Å²) in [6.45, 7) is 1.76. The van der Waals surface area contributed by atoms with Gasteiger partial charge in [-0.2, -0.15) is 13.5 Å². The van der Waals surface area contributed by atoms with Gasteiger partial charge in [-0.25, -0.2) is 4.31 Å². The van der Waals surface area contributed by atoms with E-state index in [2.05, 4.69) is 10.2 Å². The Morgan fingerprint density at radius 3 is 2.95 bits per heavy atom. The van der Waals surface area contributed by atoms with Crippen LogP contribution in [0.3, 0.4) is 0 Å². The fourth-order valence-corrected chi connectivity index (χ4v) is 4.96. The molecule has 0 spiro atoms. The molecule has 1 atom stereocenters. The van der Waals surface area contributed by atoms with Crippen LogP contribution in [-0.4, -0.2) is 24.7 Å². The molecule has 0 aromatic carbocycles. The van der Waals surface area contributed by atoms with Crippen LogP contribution in [0, 0.1) is 0 Å². The number of nitrogens with one attached hydrogen (secondary N) is 1. The molecule has 3 heterocycles. The largest absolute Gasteiger partial charge is 0.323 e. The Morgan fingerprint density at radius 1 is 1.53 bits per heavy atom. The number of thiophene rings is 1. The lowest BCUT2D eigenvalue weighted by molar-refractivity contribution is 0.593. The molecule has 3 rings (SSSR count). The van der Waals surface area contributed by atoms with Gasteiger partial charge in [-0.05, 0) is 24.4 Å². The standard InChI is InChI=1S/C11H12N4O2S2/c1-7(12)10-4-8-2-3-18-11(8)19(16,17)15(10)9-5-13-14-6-9/h2-7H,12H2,1H3,(H,13,14)/t7-/m0/s1. The van der Waals surface area contributed by atoms with Crippen LogP contribution >= 0.6 is 11.3 Å². The predicted octanol–water partition coefficient (Wildman–Crippen LogP) is 1.37. The Labute approximate surface area is 114 Å². The van der Waals surface area contributed by atoms with E-state index in [1.165, 1.54) is 28.0 Å². The monoisotopic (exact) mass is 296 g/mol. The zero-order valence-electron chi connectivity index (χ0n) is 10.1. The van der Waals surface area contributed by atoms with Crippen molar-refractivity contribution in [3.63, 3.8) is 0 Å². The van der Waals surface area contributed by atoms with E-state index in [0.29, 0.717) is 21.2 Å². The van der Waals surface area contributed by atoms with Crippen molar-refractivity contribution in [3.8, 4) is 0 Å². The van der Waals surface area contributed by atoms with Crippen LogP contribution in [0.2, 0.25) is 0 Å². The Morgan fingerprint density at radius 2 is 2.32 bits per heavy atom. The third-order valence-electron chi connectivity index (χ3n) is 2.86. The molecule has 0 fully saturated rings. The molecule has 100 valence electrons. The molecule has 2 aromatic rings. The fourth-order valence-electron chi connectivity index (χ4n) is 2.02. The molecule has 3 N–H and O–H groups in total. The first-order valence-electron chi connectivity index (χ1n) is 5.60. The van der Waals surface area contributed by atoms with Crippen molar-refractivity contribution in [1.29, 1.82) is 0 Å². The van der Waals surface area contributed by atoms with E-state index in [4.69, 9.17) is 5.73 Å². The SMILES string of the molecule is C[C@H](N)C1=Cc2ccsc2S(=O)(=O)N1c1cn[nH]c1. The summed E-state index contributed by atoms with van der Waals surface area (Å²) in [6, 6.07) is 1.38. The molecule has 0 saturated heterocycles. The van der Waals surface area contributed by atoms with Gasteiger partial charge >= 0.3 is 0 Å². The molecule has 0 amide bonds. The number of hydrogen-bond acceptors (Lipinski definition) is 5. The van der Waals surface area contributed by atoms with Gasteiger partial charge in [0.25, 0.3) is 10.0 Å². The minimum atomic E-state index is -3.61. The summed E-state index contributed by atoms with van der Waals surface area (Å²) in [7, 11) is -3.61. The Balaban J connectivity index is 2.27. The van der Waals surface area contributed by atoms with Gasteiger partial charge in [-0.15, -0.1) is 11.3 Å². The zero-order chi connectivity index (χ0) is 13.6. The number of anilines is 1. The third-order valence-corrected chi connectivity index (χ3v) is 6.10. The van der Waals surface area contributed by atoms with E-state index < -0.39 is 16.1 Å². The second kappa shape index (κ2) is 4.19. The average Bonchev–Trinajstić information content (AvgIpc) is 2.96. The number of aromatic nitrogens is 2. The van der Waals surface area contributed by atoms with Gasteiger partial charge in [0.15, 0.2) is 0 Å². The van der Waals surface area contributed by atoms with E-state index in [1.54, 1.807) is 18.4 Å². The first-order chi connectivity index (χ1) is 9.01. The van der Waals surface area contributed by atoms with Gasteiger partial charge < -0.3 is 5.73 Å². The van der Waals surface area contributed by atoms with E-state index in [0.717, 1.165) is 0 Å². The Bertz CT molecular complexity index is 729. The van der Waals surface area contributed by atoms with Crippen molar-refractivity contribution in [2.75, 3.05) is 4.31 Å². The lowest BCUT2D eigenvalue weighted by Crippen LogP contribution is -2.39. The molecule has 1 aliphatic rings. The Hall–Kier alpha value is -1.64. The average molecular weight is 296 g/mol. The van der Waals surface area contributed by atoms with Crippen LogP contribution in [0.1, 0.15) is 12.5 Å². The number of sulfonamides is 1. The molecule has 1 aliphatic heterocycles. The van der Waals surface area contributed by atoms with Crippen LogP contribution < -0.4 is 10.0 Å². The molecule has 19 heavy (non-hydrogen) atoms. The smallest absolute Gasteiger partial charge is 0.278 e. The Kier molecular flexibility index (Phi) is 2.73. The van der Waals surface area contributed by atoms with Crippen LogP contribution in [0.15, 0.2) is 33.7 Å². The number of fused-ring (bicyclic) bond motifs is 1. The first kappa shape index (κ1) is 12.4. The highest BCUT2D eigenvalue weighted by molar-refractivity contribution is 7.95. The van der Waals surface area contributed by atoms with Gasteiger partial charge in [0.05, 0.1) is 17.6 Å². The molecule has 6 nitrogen and oxygen atoms in total. The molecule has 0 unspecified atom stereocenters. The highest BCUT2D eigenvalue weighted by Gasteiger charge is 2.36. The molecule has 0 bridgehead atoms. The third kappa shape index (κ3) is 1.79. The van der Waals surface area contributed by atoms with Crippen molar-refractivity contribution >= 4 is 33.1 Å². The van der Waals surface area contributed by atoms with Gasteiger partial charge in [0.1, 0.15) is 4.21 Å². The lowest BCUT2D eigenvalue weighted by Gasteiger charge is -2.30. The maximum atomic E-state index is 12.7. The van der Waals surface area contributed by atoms with Gasteiger partial charge in [0.2, 0.25) is 0 Å². The molecule has 2 aromatic heterocycles. The summed E-state index contributed by atoms with van der Waals surface area (Å²) in [5.74, 6) is 0. The number of aromatic amines is 1. The van der Waals surface area contributed by atoms with Crippen molar-refractivity contribution in [3.05, 3.63) is 35.1 Å². The summed E-state index contributed by atoms with van der Waals surface area (Å²) in [6.07, 6.45) is 4.81. The van der Waals surface area contributed by atoms with E-state index in [1.807, 2.05) is 6.08 Å². The number of H-pyrrole nitrogens is 1.